The van der Waals surface area contributed by atoms with Crippen LogP contribution >= 0.6 is 11.6 Å². The van der Waals surface area contributed by atoms with Crippen molar-refractivity contribution in [2.75, 3.05) is 19.5 Å². The van der Waals surface area contributed by atoms with E-state index in [9.17, 15) is 4.79 Å². The molecule has 19 heavy (non-hydrogen) atoms. The van der Waals surface area contributed by atoms with Crippen LogP contribution in [-0.4, -0.2) is 46.2 Å². The zero-order valence-electron chi connectivity index (χ0n) is 10.9. The molecule has 0 saturated heterocycles. The molecule has 1 aliphatic heterocycles. The molecular formula is C13H18ClN3O2. The number of hydrogen-bond acceptors (Lipinski definition) is 3. The number of aromatic nitrogens is 1. The van der Waals surface area contributed by atoms with Crippen molar-refractivity contribution in [2.24, 2.45) is 5.16 Å². The topological polar surface area (TPSA) is 68.7 Å². The number of fused-ring (bicyclic) bond motifs is 1. The fourth-order valence-electron chi connectivity index (χ4n) is 2.26. The van der Waals surface area contributed by atoms with Gasteiger partial charge in [-0.2, -0.15) is 0 Å². The number of hydrogen-bond donors (Lipinski definition) is 2. The zero-order chi connectivity index (χ0) is 13.8. The molecule has 104 valence electrons. The molecule has 0 atom stereocenters. The van der Waals surface area contributed by atoms with Gasteiger partial charge >= 0.3 is 0 Å². The van der Waals surface area contributed by atoms with Crippen LogP contribution < -0.4 is 0 Å². The van der Waals surface area contributed by atoms with Gasteiger partial charge in [0.1, 0.15) is 5.71 Å². The van der Waals surface area contributed by atoms with Crippen molar-refractivity contribution in [3.8, 4) is 0 Å². The second kappa shape index (κ2) is 6.10. The predicted octanol–water partition coefficient (Wildman–Crippen LogP) is 2.23. The van der Waals surface area contributed by atoms with Crippen LogP contribution in [0.25, 0.3) is 0 Å². The van der Waals surface area contributed by atoms with E-state index in [1.165, 1.54) is 0 Å². The summed E-state index contributed by atoms with van der Waals surface area (Å²) in [5.41, 5.74) is 2.77. The Labute approximate surface area is 117 Å². The van der Waals surface area contributed by atoms with Gasteiger partial charge in [0, 0.05) is 31.6 Å². The average molecular weight is 284 g/mol. The van der Waals surface area contributed by atoms with E-state index in [4.69, 9.17) is 16.8 Å². The highest BCUT2D eigenvalue weighted by Gasteiger charge is 2.26. The number of nitrogens with zero attached hydrogens (tertiary/aromatic N) is 2. The summed E-state index contributed by atoms with van der Waals surface area (Å²) >= 11 is 5.66. The Morgan fingerprint density at radius 3 is 3.00 bits per heavy atom. The number of unbranched alkanes of at least 4 members (excludes halogenated alkanes) is 1. The van der Waals surface area contributed by atoms with Crippen molar-refractivity contribution in [3.05, 3.63) is 23.0 Å². The van der Waals surface area contributed by atoms with E-state index in [0.29, 0.717) is 35.8 Å². The number of carbonyl (C=O) groups excluding carboxylic acids is 1. The second-order valence-corrected chi connectivity index (χ2v) is 5.13. The van der Waals surface area contributed by atoms with Gasteiger partial charge in [-0.05, 0) is 25.3 Å². The normalized spacial score (nSPS) is 17.7. The Morgan fingerprint density at radius 2 is 2.32 bits per heavy atom. The molecule has 0 unspecified atom stereocenters. The lowest BCUT2D eigenvalue weighted by Crippen LogP contribution is -2.26. The minimum atomic E-state index is -0.0338. The van der Waals surface area contributed by atoms with E-state index >= 15 is 0 Å². The Morgan fingerprint density at radius 1 is 1.53 bits per heavy atom. The summed E-state index contributed by atoms with van der Waals surface area (Å²) in [4.78, 5) is 17.0. The summed E-state index contributed by atoms with van der Waals surface area (Å²) in [6.07, 6.45) is 3.31. The van der Waals surface area contributed by atoms with Gasteiger partial charge in [-0.1, -0.05) is 5.16 Å². The smallest absolute Gasteiger partial charge is 0.255 e. The van der Waals surface area contributed by atoms with Gasteiger partial charge in [-0.3, -0.25) is 4.79 Å². The Balaban J connectivity index is 2.28. The lowest BCUT2D eigenvalue weighted by molar-refractivity contribution is 0.0802. The van der Waals surface area contributed by atoms with Crippen LogP contribution in [0.1, 0.15) is 41.0 Å². The van der Waals surface area contributed by atoms with E-state index in [0.717, 1.165) is 25.0 Å². The molecule has 2 N–H and O–H groups in total. The fourth-order valence-corrected chi connectivity index (χ4v) is 2.45. The molecule has 0 aliphatic carbocycles. The van der Waals surface area contributed by atoms with Crippen molar-refractivity contribution in [1.29, 1.82) is 0 Å². The molecule has 5 nitrogen and oxygen atoms in total. The number of rotatable bonds is 4. The standard InChI is InChI=1S/C13H18ClN3O2/c1-17-7-5-11(16-19)12-10(13(17)18)8-9(15-12)4-2-3-6-14/h8,15,19H,2-7H2,1H3. The highest BCUT2D eigenvalue weighted by Crippen LogP contribution is 2.20. The number of H-pyrrole nitrogens is 1. The first-order valence-corrected chi connectivity index (χ1v) is 6.95. The zero-order valence-corrected chi connectivity index (χ0v) is 11.7. The maximum absolute atomic E-state index is 12.2. The van der Waals surface area contributed by atoms with Gasteiger partial charge in [0.05, 0.1) is 11.3 Å². The van der Waals surface area contributed by atoms with Crippen LogP contribution in [0.2, 0.25) is 0 Å². The first-order chi connectivity index (χ1) is 9.17. The minimum Gasteiger partial charge on any atom is -0.411 e. The van der Waals surface area contributed by atoms with Crippen molar-refractivity contribution < 1.29 is 10.0 Å². The Hall–Kier alpha value is -1.49. The maximum atomic E-state index is 12.2. The fraction of sp³-hybridized carbons (Fsp3) is 0.538. The van der Waals surface area contributed by atoms with E-state index < -0.39 is 0 Å². The summed E-state index contributed by atoms with van der Waals surface area (Å²) in [7, 11) is 1.76. The van der Waals surface area contributed by atoms with Crippen LogP contribution in [0.15, 0.2) is 11.2 Å². The van der Waals surface area contributed by atoms with Gasteiger partial charge in [0.15, 0.2) is 0 Å². The third-order valence-corrected chi connectivity index (χ3v) is 3.64. The van der Waals surface area contributed by atoms with E-state index in [1.54, 1.807) is 11.9 Å². The van der Waals surface area contributed by atoms with Gasteiger partial charge in [0.25, 0.3) is 5.91 Å². The lowest BCUT2D eigenvalue weighted by Gasteiger charge is -2.12. The number of aryl methyl sites for hydroxylation is 1. The van der Waals surface area contributed by atoms with Gasteiger partial charge in [-0.15, -0.1) is 11.6 Å². The van der Waals surface area contributed by atoms with Crippen LogP contribution in [0.4, 0.5) is 0 Å². The van der Waals surface area contributed by atoms with Gasteiger partial charge in [0.2, 0.25) is 0 Å². The Bertz CT molecular complexity index is 496. The lowest BCUT2D eigenvalue weighted by atomic mass is 10.1. The monoisotopic (exact) mass is 283 g/mol. The predicted molar refractivity (Wildman–Crippen MR) is 74.4 cm³/mol. The van der Waals surface area contributed by atoms with Crippen LogP contribution in [0, 0.1) is 0 Å². The first kappa shape index (κ1) is 13.9. The van der Waals surface area contributed by atoms with Gasteiger partial charge < -0.3 is 15.1 Å². The quantitative estimate of drug-likeness (QED) is 0.385. The second-order valence-electron chi connectivity index (χ2n) is 4.75. The molecule has 0 saturated carbocycles. The SMILES string of the molecule is CN1CCC(=NO)c2[nH]c(CCCCCl)cc2C1=O. The first-order valence-electron chi connectivity index (χ1n) is 6.42. The molecule has 1 aromatic rings. The highest BCUT2D eigenvalue weighted by atomic mass is 35.5. The number of halogens is 1. The third kappa shape index (κ3) is 2.92. The molecule has 0 spiro atoms. The van der Waals surface area contributed by atoms with E-state index in [1.807, 2.05) is 6.07 Å². The van der Waals surface area contributed by atoms with Crippen molar-refractivity contribution >= 4 is 23.2 Å². The average Bonchev–Trinajstić information content (AvgIpc) is 2.78. The molecule has 1 amide bonds. The number of oxime groups is 1. The molecule has 0 radical (unpaired) electrons. The van der Waals surface area contributed by atoms with Crippen LogP contribution in [0.5, 0.6) is 0 Å². The molecule has 0 aromatic carbocycles. The molecule has 1 aliphatic rings. The number of carbonyl (C=O) groups is 1. The Kier molecular flexibility index (Phi) is 4.47. The summed E-state index contributed by atoms with van der Waals surface area (Å²) < 4.78 is 0. The van der Waals surface area contributed by atoms with E-state index in [2.05, 4.69) is 10.1 Å². The number of alkyl halides is 1. The number of aromatic amines is 1. The van der Waals surface area contributed by atoms with Crippen LogP contribution in [-0.2, 0) is 6.42 Å². The molecule has 0 bridgehead atoms. The van der Waals surface area contributed by atoms with Crippen LogP contribution in [0.3, 0.4) is 0 Å². The van der Waals surface area contributed by atoms with Crippen molar-refractivity contribution in [2.45, 2.75) is 25.7 Å². The summed E-state index contributed by atoms with van der Waals surface area (Å²) in [6, 6.07) is 1.86. The number of nitrogens with one attached hydrogen (secondary N) is 1. The summed E-state index contributed by atoms with van der Waals surface area (Å²) in [6.45, 7) is 0.558. The molecular weight excluding hydrogens is 266 g/mol. The summed E-state index contributed by atoms with van der Waals surface area (Å²) in [5.74, 6) is 0.610. The molecule has 1 aromatic heterocycles. The largest absolute Gasteiger partial charge is 0.411 e. The third-order valence-electron chi connectivity index (χ3n) is 3.37. The molecule has 0 fully saturated rings. The number of amides is 1. The summed E-state index contributed by atoms with van der Waals surface area (Å²) in [5, 5.41) is 12.4. The molecule has 2 rings (SSSR count). The molecule has 6 heteroatoms. The van der Waals surface area contributed by atoms with Crippen molar-refractivity contribution in [1.82, 2.24) is 9.88 Å². The van der Waals surface area contributed by atoms with Crippen molar-refractivity contribution in [3.63, 3.8) is 0 Å². The minimum absolute atomic E-state index is 0.0338. The molecule has 2 heterocycles. The van der Waals surface area contributed by atoms with E-state index in [-0.39, 0.29) is 5.91 Å². The maximum Gasteiger partial charge on any atom is 0.255 e. The van der Waals surface area contributed by atoms with Gasteiger partial charge in [-0.25, -0.2) is 0 Å². The highest BCUT2D eigenvalue weighted by molar-refractivity contribution is 6.17.